The summed E-state index contributed by atoms with van der Waals surface area (Å²) in [4.78, 5) is 4.44. The molecule has 0 radical (unpaired) electrons. The second kappa shape index (κ2) is 5.07. The van der Waals surface area contributed by atoms with Crippen LogP contribution < -0.4 is 0 Å². The Bertz CT molecular complexity index is 182. The smallest absolute Gasteiger partial charge is 0.0525 e. The molecule has 2 atom stereocenters. The van der Waals surface area contributed by atoms with Crippen molar-refractivity contribution in [3.05, 3.63) is 0 Å². The van der Waals surface area contributed by atoms with Gasteiger partial charge >= 0.3 is 0 Å². The van der Waals surface area contributed by atoms with Crippen LogP contribution in [0.15, 0.2) is 4.99 Å². The summed E-state index contributed by atoms with van der Waals surface area (Å²) in [6.45, 7) is 10.2. The van der Waals surface area contributed by atoms with Gasteiger partial charge in [-0.2, -0.15) is 0 Å². The normalized spacial score (nSPS) is 17.2. The van der Waals surface area contributed by atoms with E-state index in [4.69, 9.17) is 5.41 Å². The van der Waals surface area contributed by atoms with E-state index in [1.807, 2.05) is 6.92 Å². The van der Waals surface area contributed by atoms with Gasteiger partial charge in [-0.1, -0.05) is 20.3 Å². The SMILES string of the molecule is CCC(C)C(C)N=C(C)C(C)=N. The first-order valence-corrected chi connectivity index (χ1v) is 4.59. The van der Waals surface area contributed by atoms with Crippen molar-refractivity contribution in [1.29, 1.82) is 5.41 Å². The molecule has 0 bridgehead atoms. The van der Waals surface area contributed by atoms with Crippen molar-refractivity contribution in [3.8, 4) is 0 Å². The van der Waals surface area contributed by atoms with Crippen LogP contribution in [0, 0.1) is 11.3 Å². The highest BCUT2D eigenvalue weighted by Gasteiger charge is 2.08. The van der Waals surface area contributed by atoms with Gasteiger partial charge < -0.3 is 5.41 Å². The second-order valence-corrected chi connectivity index (χ2v) is 3.47. The van der Waals surface area contributed by atoms with E-state index in [1.165, 1.54) is 0 Å². The first kappa shape index (κ1) is 11.3. The fourth-order valence-electron chi connectivity index (χ4n) is 0.871. The van der Waals surface area contributed by atoms with Crippen LogP contribution >= 0.6 is 0 Å². The highest BCUT2D eigenvalue weighted by Crippen LogP contribution is 2.10. The van der Waals surface area contributed by atoms with Gasteiger partial charge in [0.1, 0.15) is 0 Å². The van der Waals surface area contributed by atoms with Gasteiger partial charge in [-0.05, 0) is 26.7 Å². The minimum Gasteiger partial charge on any atom is -0.304 e. The summed E-state index contributed by atoms with van der Waals surface area (Å²) in [5, 5.41) is 7.36. The monoisotopic (exact) mass is 168 g/mol. The maximum absolute atomic E-state index is 7.36. The molecule has 0 saturated heterocycles. The summed E-state index contributed by atoms with van der Waals surface area (Å²) in [6.07, 6.45) is 1.15. The van der Waals surface area contributed by atoms with Crippen LogP contribution in [0.4, 0.5) is 0 Å². The molecule has 0 aliphatic heterocycles. The highest BCUT2D eigenvalue weighted by atomic mass is 14.8. The van der Waals surface area contributed by atoms with Crippen molar-refractivity contribution in [2.24, 2.45) is 10.9 Å². The highest BCUT2D eigenvalue weighted by molar-refractivity contribution is 6.39. The Morgan fingerprint density at radius 2 is 1.83 bits per heavy atom. The van der Waals surface area contributed by atoms with Gasteiger partial charge in [0.2, 0.25) is 0 Å². The third kappa shape index (κ3) is 3.65. The van der Waals surface area contributed by atoms with Gasteiger partial charge in [-0.3, -0.25) is 4.99 Å². The zero-order chi connectivity index (χ0) is 9.72. The van der Waals surface area contributed by atoms with E-state index in [1.54, 1.807) is 6.92 Å². The first-order chi connectivity index (χ1) is 5.49. The summed E-state index contributed by atoms with van der Waals surface area (Å²) in [5.41, 5.74) is 1.44. The van der Waals surface area contributed by atoms with Crippen molar-refractivity contribution in [1.82, 2.24) is 0 Å². The van der Waals surface area contributed by atoms with Crippen LogP contribution in [-0.2, 0) is 0 Å². The molecular weight excluding hydrogens is 148 g/mol. The third-order valence-corrected chi connectivity index (χ3v) is 2.41. The molecule has 0 aromatic heterocycles. The van der Waals surface area contributed by atoms with Crippen molar-refractivity contribution >= 4 is 11.4 Å². The molecule has 0 saturated carbocycles. The Morgan fingerprint density at radius 1 is 1.33 bits per heavy atom. The molecule has 0 spiro atoms. The average Bonchev–Trinajstić information content (AvgIpc) is 2.02. The Hall–Kier alpha value is -0.660. The minimum atomic E-state index is 0.343. The molecule has 0 rings (SSSR count). The molecule has 0 aromatic carbocycles. The molecule has 0 heterocycles. The predicted molar refractivity (Wildman–Crippen MR) is 55.4 cm³/mol. The quantitative estimate of drug-likeness (QED) is 0.627. The summed E-state index contributed by atoms with van der Waals surface area (Å²) >= 11 is 0. The van der Waals surface area contributed by atoms with Crippen LogP contribution in [0.1, 0.15) is 41.0 Å². The third-order valence-electron chi connectivity index (χ3n) is 2.41. The molecule has 2 heteroatoms. The zero-order valence-corrected chi connectivity index (χ0v) is 8.81. The standard InChI is InChI=1S/C10H20N2/c1-6-7(2)9(4)12-10(5)8(3)11/h7,9,11H,6H2,1-5H3. The lowest BCUT2D eigenvalue weighted by Crippen LogP contribution is -2.15. The number of hydrogen-bond donors (Lipinski definition) is 1. The Morgan fingerprint density at radius 3 is 2.17 bits per heavy atom. The molecule has 0 fully saturated rings. The Balaban J connectivity index is 4.22. The van der Waals surface area contributed by atoms with Crippen LogP contribution in [0.3, 0.4) is 0 Å². The summed E-state index contributed by atoms with van der Waals surface area (Å²) in [5.74, 6) is 0.610. The fraction of sp³-hybridized carbons (Fsp3) is 0.800. The molecular formula is C10H20N2. The van der Waals surface area contributed by atoms with E-state index in [0.29, 0.717) is 17.7 Å². The van der Waals surface area contributed by atoms with Crippen molar-refractivity contribution in [2.45, 2.75) is 47.1 Å². The maximum atomic E-state index is 7.36. The van der Waals surface area contributed by atoms with E-state index in [9.17, 15) is 0 Å². The number of nitrogens with one attached hydrogen (secondary N) is 1. The number of rotatable bonds is 4. The maximum Gasteiger partial charge on any atom is 0.0525 e. The topological polar surface area (TPSA) is 36.2 Å². The van der Waals surface area contributed by atoms with Gasteiger partial charge in [0.25, 0.3) is 0 Å². The lowest BCUT2D eigenvalue weighted by molar-refractivity contribution is 0.472. The Labute approximate surface area is 75.6 Å². The molecule has 2 nitrogen and oxygen atoms in total. The minimum absolute atomic E-state index is 0.343. The first-order valence-electron chi connectivity index (χ1n) is 4.59. The predicted octanol–water partition coefficient (Wildman–Crippen LogP) is 2.92. The molecule has 1 N–H and O–H groups in total. The van der Waals surface area contributed by atoms with Crippen molar-refractivity contribution in [3.63, 3.8) is 0 Å². The van der Waals surface area contributed by atoms with E-state index in [2.05, 4.69) is 25.8 Å². The largest absolute Gasteiger partial charge is 0.304 e. The molecule has 70 valence electrons. The Kier molecular flexibility index (Phi) is 4.79. The van der Waals surface area contributed by atoms with Crippen molar-refractivity contribution in [2.75, 3.05) is 0 Å². The molecule has 0 aliphatic carbocycles. The van der Waals surface area contributed by atoms with Crippen molar-refractivity contribution < 1.29 is 0 Å². The molecule has 12 heavy (non-hydrogen) atoms. The van der Waals surface area contributed by atoms with Crippen LogP contribution in [-0.4, -0.2) is 17.5 Å². The summed E-state index contributed by atoms with van der Waals surface area (Å²) in [6, 6.07) is 0.343. The van der Waals surface area contributed by atoms with E-state index in [-0.39, 0.29) is 0 Å². The van der Waals surface area contributed by atoms with Crippen LogP contribution in [0.25, 0.3) is 0 Å². The molecule has 0 aliphatic rings. The van der Waals surface area contributed by atoms with Gasteiger partial charge in [-0.15, -0.1) is 0 Å². The number of hydrogen-bond acceptors (Lipinski definition) is 2. The van der Waals surface area contributed by atoms with Gasteiger partial charge in [0.05, 0.1) is 11.8 Å². The number of nitrogens with zero attached hydrogens (tertiary/aromatic N) is 1. The van der Waals surface area contributed by atoms with Crippen LogP contribution in [0.5, 0.6) is 0 Å². The molecule has 0 amide bonds. The summed E-state index contributed by atoms with van der Waals surface area (Å²) < 4.78 is 0. The number of aliphatic imine (C=N–C) groups is 1. The van der Waals surface area contributed by atoms with E-state index >= 15 is 0 Å². The van der Waals surface area contributed by atoms with Gasteiger partial charge in [0.15, 0.2) is 0 Å². The zero-order valence-electron chi connectivity index (χ0n) is 8.81. The average molecular weight is 168 g/mol. The lowest BCUT2D eigenvalue weighted by atomic mass is 10.0. The van der Waals surface area contributed by atoms with Gasteiger partial charge in [-0.25, -0.2) is 0 Å². The van der Waals surface area contributed by atoms with E-state index < -0.39 is 0 Å². The molecule has 0 aromatic rings. The van der Waals surface area contributed by atoms with E-state index in [0.717, 1.165) is 12.1 Å². The fourth-order valence-corrected chi connectivity index (χ4v) is 0.871. The summed E-state index contributed by atoms with van der Waals surface area (Å²) in [7, 11) is 0. The van der Waals surface area contributed by atoms with Crippen LogP contribution in [0.2, 0.25) is 0 Å². The lowest BCUT2D eigenvalue weighted by Gasteiger charge is -2.14. The second-order valence-electron chi connectivity index (χ2n) is 3.47. The van der Waals surface area contributed by atoms with Gasteiger partial charge in [0, 0.05) is 5.71 Å². The molecule has 2 unspecified atom stereocenters.